The van der Waals surface area contributed by atoms with Gasteiger partial charge in [0.25, 0.3) is 0 Å². The Hall–Kier alpha value is -2.58. The van der Waals surface area contributed by atoms with Crippen molar-refractivity contribution in [3.8, 4) is 5.75 Å². The van der Waals surface area contributed by atoms with Crippen molar-refractivity contribution in [1.82, 2.24) is 14.9 Å². The van der Waals surface area contributed by atoms with Gasteiger partial charge in [-0.3, -0.25) is 0 Å². The van der Waals surface area contributed by atoms with Crippen molar-refractivity contribution < 1.29 is 13.2 Å². The van der Waals surface area contributed by atoms with Crippen LogP contribution in [0.4, 0.5) is 0 Å². The third kappa shape index (κ3) is 5.71. The molecular weight excluding hydrogens is 376 g/mol. The minimum atomic E-state index is -3.51. The highest BCUT2D eigenvalue weighted by molar-refractivity contribution is 7.89. The Balaban J connectivity index is 2.16. The fraction of sp³-hybridized carbons (Fsp3) is 0.350. The van der Waals surface area contributed by atoms with Gasteiger partial charge in [0.15, 0.2) is 5.96 Å². The maximum atomic E-state index is 12.5. The van der Waals surface area contributed by atoms with Gasteiger partial charge in [0.05, 0.1) is 18.6 Å². The summed E-state index contributed by atoms with van der Waals surface area (Å²) in [5.74, 6) is 1.40. The van der Waals surface area contributed by atoms with Crippen LogP contribution in [-0.2, 0) is 23.1 Å². The molecule has 0 saturated carbocycles. The third-order valence-electron chi connectivity index (χ3n) is 4.08. The van der Waals surface area contributed by atoms with Crippen molar-refractivity contribution in [1.29, 1.82) is 0 Å². The zero-order chi connectivity index (χ0) is 20.6. The molecule has 0 aliphatic rings. The topological polar surface area (TPSA) is 83.0 Å². The van der Waals surface area contributed by atoms with E-state index in [1.165, 1.54) is 18.4 Å². The number of nitrogens with one attached hydrogen (secondary N) is 2. The van der Waals surface area contributed by atoms with E-state index < -0.39 is 10.0 Å². The highest BCUT2D eigenvalue weighted by atomic mass is 32.2. The molecule has 0 amide bonds. The van der Waals surface area contributed by atoms with E-state index in [0.29, 0.717) is 31.2 Å². The number of rotatable bonds is 8. The fourth-order valence-corrected chi connectivity index (χ4v) is 3.68. The molecule has 152 valence electrons. The van der Waals surface area contributed by atoms with Gasteiger partial charge < -0.3 is 15.4 Å². The van der Waals surface area contributed by atoms with Gasteiger partial charge in [-0.2, -0.15) is 0 Å². The monoisotopic (exact) mass is 404 g/mol. The van der Waals surface area contributed by atoms with Crippen molar-refractivity contribution in [2.45, 2.75) is 24.9 Å². The van der Waals surface area contributed by atoms with Gasteiger partial charge in [-0.05, 0) is 36.2 Å². The van der Waals surface area contributed by atoms with Crippen molar-refractivity contribution in [2.24, 2.45) is 4.99 Å². The largest absolute Gasteiger partial charge is 0.497 e. The van der Waals surface area contributed by atoms with Crippen LogP contribution in [0.15, 0.2) is 58.4 Å². The summed E-state index contributed by atoms with van der Waals surface area (Å²) in [6.07, 6.45) is 0. The number of hydrogen-bond acceptors (Lipinski definition) is 4. The Labute approximate surface area is 167 Å². The molecule has 0 fully saturated rings. The van der Waals surface area contributed by atoms with Gasteiger partial charge in [-0.15, -0.1) is 0 Å². The van der Waals surface area contributed by atoms with Crippen LogP contribution in [0.25, 0.3) is 0 Å². The Morgan fingerprint density at radius 2 is 1.86 bits per heavy atom. The molecule has 0 aromatic heterocycles. The summed E-state index contributed by atoms with van der Waals surface area (Å²) < 4.78 is 31.5. The van der Waals surface area contributed by atoms with E-state index in [4.69, 9.17) is 4.74 Å². The van der Waals surface area contributed by atoms with Crippen molar-refractivity contribution in [2.75, 3.05) is 27.7 Å². The lowest BCUT2D eigenvalue weighted by atomic mass is 10.2. The number of benzene rings is 2. The first-order valence-electron chi connectivity index (χ1n) is 9.04. The summed E-state index contributed by atoms with van der Waals surface area (Å²) in [5.41, 5.74) is 1.70. The number of ether oxygens (including phenoxy) is 1. The number of sulfonamides is 1. The standard InChI is InChI=1S/C20H28N4O3S/c1-5-21-20(22-14-16-9-8-11-18(13-16)27-4)23-15-17-10-6-7-12-19(17)28(25,26)24(2)3/h6-13H,5,14-15H2,1-4H3,(H2,21,22,23). The Morgan fingerprint density at radius 1 is 1.11 bits per heavy atom. The first-order chi connectivity index (χ1) is 13.4. The van der Waals surface area contributed by atoms with Crippen LogP contribution in [-0.4, -0.2) is 46.4 Å². The molecule has 2 N–H and O–H groups in total. The second-order valence-electron chi connectivity index (χ2n) is 6.30. The van der Waals surface area contributed by atoms with Gasteiger partial charge in [-0.25, -0.2) is 17.7 Å². The third-order valence-corrected chi connectivity index (χ3v) is 5.99. The average Bonchev–Trinajstić information content (AvgIpc) is 2.70. The predicted octanol–water partition coefficient (Wildman–Crippen LogP) is 2.20. The molecule has 2 rings (SSSR count). The summed E-state index contributed by atoms with van der Waals surface area (Å²) in [5, 5.41) is 6.39. The molecule has 2 aromatic rings. The molecule has 0 spiro atoms. The molecule has 0 aliphatic carbocycles. The Bertz CT molecular complexity index is 911. The first-order valence-corrected chi connectivity index (χ1v) is 10.5. The Kier molecular flexibility index (Phi) is 7.83. The van der Waals surface area contributed by atoms with E-state index in [-0.39, 0.29) is 4.90 Å². The molecule has 2 aromatic carbocycles. The second kappa shape index (κ2) is 10.1. The number of guanidine groups is 1. The average molecular weight is 405 g/mol. The number of aliphatic imine (C=N–C) groups is 1. The maximum Gasteiger partial charge on any atom is 0.242 e. The molecular formula is C20H28N4O3S. The highest BCUT2D eigenvalue weighted by Crippen LogP contribution is 2.18. The molecule has 7 nitrogen and oxygen atoms in total. The van der Waals surface area contributed by atoms with E-state index in [9.17, 15) is 8.42 Å². The molecule has 0 heterocycles. The van der Waals surface area contributed by atoms with Gasteiger partial charge in [0.2, 0.25) is 10.0 Å². The zero-order valence-electron chi connectivity index (χ0n) is 16.8. The molecule has 8 heteroatoms. The minimum absolute atomic E-state index is 0.288. The molecule has 0 atom stereocenters. The van der Waals surface area contributed by atoms with Crippen LogP contribution in [0, 0.1) is 0 Å². The first kappa shape index (κ1) is 21.7. The zero-order valence-corrected chi connectivity index (χ0v) is 17.6. The molecule has 0 saturated heterocycles. The van der Waals surface area contributed by atoms with Gasteiger partial charge in [0.1, 0.15) is 5.75 Å². The van der Waals surface area contributed by atoms with Crippen LogP contribution < -0.4 is 15.4 Å². The summed E-state index contributed by atoms with van der Waals surface area (Å²) in [7, 11) is 1.17. The maximum absolute atomic E-state index is 12.5. The van der Waals surface area contributed by atoms with Crippen LogP contribution in [0.5, 0.6) is 5.75 Å². The van der Waals surface area contributed by atoms with Crippen molar-refractivity contribution in [3.05, 3.63) is 59.7 Å². The fourth-order valence-electron chi connectivity index (χ4n) is 2.56. The second-order valence-corrected chi connectivity index (χ2v) is 8.42. The number of methoxy groups -OCH3 is 1. The normalized spacial score (nSPS) is 12.1. The van der Waals surface area contributed by atoms with Crippen LogP contribution >= 0.6 is 0 Å². The van der Waals surface area contributed by atoms with Gasteiger partial charge in [0, 0.05) is 27.2 Å². The van der Waals surface area contributed by atoms with Crippen molar-refractivity contribution in [3.63, 3.8) is 0 Å². The van der Waals surface area contributed by atoms with E-state index in [1.807, 2.05) is 37.3 Å². The van der Waals surface area contributed by atoms with Crippen LogP contribution in [0.2, 0.25) is 0 Å². The van der Waals surface area contributed by atoms with Gasteiger partial charge in [-0.1, -0.05) is 30.3 Å². The molecule has 0 aliphatic heterocycles. The lowest BCUT2D eigenvalue weighted by molar-refractivity contribution is 0.414. The quantitative estimate of drug-likeness (QED) is 0.521. The summed E-state index contributed by atoms with van der Waals surface area (Å²) in [4.78, 5) is 4.87. The number of nitrogens with zero attached hydrogens (tertiary/aromatic N) is 2. The lowest BCUT2D eigenvalue weighted by Crippen LogP contribution is -2.37. The SMILES string of the molecule is CCNC(=NCc1cccc(OC)c1)NCc1ccccc1S(=O)(=O)N(C)C. The molecule has 0 unspecified atom stereocenters. The van der Waals surface area contributed by atoms with Crippen LogP contribution in [0.3, 0.4) is 0 Å². The van der Waals surface area contributed by atoms with E-state index >= 15 is 0 Å². The molecule has 0 bridgehead atoms. The molecule has 28 heavy (non-hydrogen) atoms. The Morgan fingerprint density at radius 3 is 2.54 bits per heavy atom. The summed E-state index contributed by atoms with van der Waals surface area (Å²) in [6, 6.07) is 14.7. The minimum Gasteiger partial charge on any atom is -0.497 e. The smallest absolute Gasteiger partial charge is 0.242 e. The molecule has 0 radical (unpaired) electrons. The van der Waals surface area contributed by atoms with Crippen molar-refractivity contribution >= 4 is 16.0 Å². The van der Waals surface area contributed by atoms with Gasteiger partial charge >= 0.3 is 0 Å². The van der Waals surface area contributed by atoms with E-state index in [2.05, 4.69) is 15.6 Å². The number of hydrogen-bond donors (Lipinski definition) is 2. The summed E-state index contributed by atoms with van der Waals surface area (Å²) in [6.45, 7) is 3.49. The predicted molar refractivity (Wildman–Crippen MR) is 112 cm³/mol. The van der Waals surface area contributed by atoms with E-state index in [1.54, 1.807) is 25.3 Å². The summed E-state index contributed by atoms with van der Waals surface area (Å²) >= 11 is 0. The highest BCUT2D eigenvalue weighted by Gasteiger charge is 2.20. The van der Waals surface area contributed by atoms with E-state index in [0.717, 1.165) is 11.3 Å². The van der Waals surface area contributed by atoms with Crippen LogP contribution in [0.1, 0.15) is 18.1 Å². The lowest BCUT2D eigenvalue weighted by Gasteiger charge is -2.17.